The lowest BCUT2D eigenvalue weighted by atomic mass is 9.77. The van der Waals surface area contributed by atoms with E-state index in [0.29, 0.717) is 10.9 Å². The van der Waals surface area contributed by atoms with Crippen LogP contribution in [0, 0.1) is 5.41 Å². The van der Waals surface area contributed by atoms with Crippen LogP contribution in [0.5, 0.6) is 0 Å². The summed E-state index contributed by atoms with van der Waals surface area (Å²) >= 11 is 5.98. The quantitative estimate of drug-likeness (QED) is 0.798. The molecule has 2 heterocycles. The van der Waals surface area contributed by atoms with E-state index >= 15 is 0 Å². The minimum absolute atomic E-state index is 0.150. The van der Waals surface area contributed by atoms with Crippen molar-refractivity contribution in [2.24, 2.45) is 5.41 Å². The molecule has 4 heteroatoms. The summed E-state index contributed by atoms with van der Waals surface area (Å²) in [4.78, 5) is 17.6. The van der Waals surface area contributed by atoms with E-state index in [-0.39, 0.29) is 5.41 Å². The number of carbonyl (C=O) groups is 1. The average molecular weight is 369 g/mol. The first-order valence-corrected chi connectivity index (χ1v) is 9.88. The van der Waals surface area contributed by atoms with Gasteiger partial charge in [0.2, 0.25) is 5.91 Å². The molecule has 2 saturated heterocycles. The smallest absolute Gasteiger partial charge is 0.233 e. The van der Waals surface area contributed by atoms with E-state index in [2.05, 4.69) is 35.2 Å². The number of hydrogen-bond acceptors (Lipinski definition) is 2. The van der Waals surface area contributed by atoms with Crippen molar-refractivity contribution in [3.05, 3.63) is 65.2 Å². The predicted molar refractivity (Wildman–Crippen MR) is 107 cm³/mol. The molecule has 2 aromatic rings. The molecule has 2 aromatic carbocycles. The maximum Gasteiger partial charge on any atom is 0.233 e. The van der Waals surface area contributed by atoms with Gasteiger partial charge in [0.25, 0.3) is 0 Å². The molecule has 1 amide bonds. The number of amides is 1. The van der Waals surface area contributed by atoms with Gasteiger partial charge in [-0.05, 0) is 68.6 Å². The van der Waals surface area contributed by atoms with Crippen LogP contribution in [0.25, 0.3) is 0 Å². The Morgan fingerprint density at radius 2 is 1.54 bits per heavy atom. The summed E-state index contributed by atoms with van der Waals surface area (Å²) in [6.45, 7) is 3.94. The van der Waals surface area contributed by atoms with E-state index in [1.165, 1.54) is 5.56 Å². The van der Waals surface area contributed by atoms with Crippen molar-refractivity contribution >= 4 is 23.2 Å². The fraction of sp³-hybridized carbons (Fsp3) is 0.409. The van der Waals surface area contributed by atoms with Crippen LogP contribution in [0.1, 0.15) is 24.8 Å². The van der Waals surface area contributed by atoms with Crippen molar-refractivity contribution in [1.29, 1.82) is 0 Å². The molecule has 0 radical (unpaired) electrons. The molecule has 0 bridgehead atoms. The molecule has 0 unspecified atom stereocenters. The minimum atomic E-state index is -0.150. The van der Waals surface area contributed by atoms with Gasteiger partial charge in [0.05, 0.1) is 5.41 Å². The summed E-state index contributed by atoms with van der Waals surface area (Å²) in [5.74, 6) is 0.308. The maximum absolute atomic E-state index is 13.1. The third-order valence-corrected chi connectivity index (χ3v) is 6.28. The number of benzene rings is 2. The van der Waals surface area contributed by atoms with Gasteiger partial charge in [0, 0.05) is 23.8 Å². The third kappa shape index (κ3) is 3.51. The molecule has 136 valence electrons. The number of hydrogen-bond donors (Lipinski definition) is 0. The normalized spacial score (nSPS) is 20.0. The number of anilines is 1. The summed E-state index contributed by atoms with van der Waals surface area (Å²) in [6, 6.07) is 18.3. The van der Waals surface area contributed by atoms with Gasteiger partial charge in [-0.25, -0.2) is 0 Å². The Bertz CT molecular complexity index is 751. The standard InChI is InChI=1S/C22H25ClN2O/c23-19-6-8-20(9-7-19)25-17-13-22(21(25)26)11-15-24(16-12-22)14-10-18-4-2-1-3-5-18/h1-9H,10-17H2. The van der Waals surface area contributed by atoms with Crippen LogP contribution in [-0.4, -0.2) is 37.0 Å². The van der Waals surface area contributed by atoms with Crippen molar-refractivity contribution in [1.82, 2.24) is 4.90 Å². The second-order valence-corrected chi connectivity index (χ2v) is 7.98. The Kier molecular flexibility index (Phi) is 5.01. The molecule has 0 aliphatic carbocycles. The lowest BCUT2D eigenvalue weighted by Gasteiger charge is -2.38. The molecule has 1 spiro atoms. The summed E-state index contributed by atoms with van der Waals surface area (Å²) in [7, 11) is 0. The van der Waals surface area contributed by atoms with Gasteiger partial charge in [-0.3, -0.25) is 4.79 Å². The number of piperidine rings is 1. The first-order valence-electron chi connectivity index (χ1n) is 9.50. The number of rotatable bonds is 4. The molecule has 4 rings (SSSR count). The van der Waals surface area contributed by atoms with Gasteiger partial charge in [-0.1, -0.05) is 41.9 Å². The highest BCUT2D eigenvalue weighted by molar-refractivity contribution is 6.30. The summed E-state index contributed by atoms with van der Waals surface area (Å²) < 4.78 is 0. The zero-order valence-corrected chi connectivity index (χ0v) is 15.8. The zero-order chi connectivity index (χ0) is 18.0. The number of halogens is 1. The molecule has 26 heavy (non-hydrogen) atoms. The molecule has 2 fully saturated rings. The van der Waals surface area contributed by atoms with E-state index in [9.17, 15) is 4.79 Å². The van der Waals surface area contributed by atoms with E-state index in [1.807, 2.05) is 29.2 Å². The molecular formula is C22H25ClN2O. The third-order valence-electron chi connectivity index (χ3n) is 6.02. The van der Waals surface area contributed by atoms with Gasteiger partial charge in [-0.2, -0.15) is 0 Å². The van der Waals surface area contributed by atoms with Gasteiger partial charge >= 0.3 is 0 Å². The number of nitrogens with zero attached hydrogens (tertiary/aromatic N) is 2. The SMILES string of the molecule is O=C1N(c2ccc(Cl)cc2)CCC12CCN(CCc1ccccc1)CC2. The summed E-state index contributed by atoms with van der Waals surface area (Å²) in [6.07, 6.45) is 4.01. The van der Waals surface area contributed by atoms with E-state index < -0.39 is 0 Å². The molecule has 0 aromatic heterocycles. The van der Waals surface area contributed by atoms with Crippen LogP contribution in [0.15, 0.2) is 54.6 Å². The topological polar surface area (TPSA) is 23.6 Å². The molecule has 2 aliphatic rings. The van der Waals surface area contributed by atoms with Crippen molar-refractivity contribution in [3.63, 3.8) is 0 Å². The van der Waals surface area contributed by atoms with Gasteiger partial charge in [-0.15, -0.1) is 0 Å². The van der Waals surface area contributed by atoms with Crippen molar-refractivity contribution < 1.29 is 4.79 Å². The number of likely N-dealkylation sites (tertiary alicyclic amines) is 1. The highest BCUT2D eigenvalue weighted by atomic mass is 35.5. The first-order chi connectivity index (χ1) is 12.7. The highest BCUT2D eigenvalue weighted by Gasteiger charge is 2.48. The minimum Gasteiger partial charge on any atom is -0.312 e. The van der Waals surface area contributed by atoms with Gasteiger partial charge < -0.3 is 9.80 Å². The fourth-order valence-corrected chi connectivity index (χ4v) is 4.41. The fourth-order valence-electron chi connectivity index (χ4n) is 4.29. The second-order valence-electron chi connectivity index (χ2n) is 7.54. The van der Waals surface area contributed by atoms with Crippen molar-refractivity contribution in [2.75, 3.05) is 31.1 Å². The Labute approximate surface area is 160 Å². The first kappa shape index (κ1) is 17.6. The van der Waals surface area contributed by atoms with E-state index in [4.69, 9.17) is 11.6 Å². The average Bonchev–Trinajstić information content (AvgIpc) is 2.99. The monoisotopic (exact) mass is 368 g/mol. The summed E-state index contributed by atoms with van der Waals surface area (Å²) in [5, 5.41) is 0.710. The summed E-state index contributed by atoms with van der Waals surface area (Å²) in [5.41, 5.74) is 2.21. The maximum atomic E-state index is 13.1. The van der Waals surface area contributed by atoms with Crippen LogP contribution < -0.4 is 4.90 Å². The molecule has 0 atom stereocenters. The number of carbonyl (C=O) groups excluding carboxylic acids is 1. The van der Waals surface area contributed by atoms with E-state index in [1.54, 1.807) is 0 Å². The largest absolute Gasteiger partial charge is 0.312 e. The molecular weight excluding hydrogens is 344 g/mol. The highest BCUT2D eigenvalue weighted by Crippen LogP contribution is 2.43. The van der Waals surface area contributed by atoms with Crippen LogP contribution in [0.2, 0.25) is 5.02 Å². The van der Waals surface area contributed by atoms with Crippen LogP contribution in [0.3, 0.4) is 0 Å². The molecule has 3 nitrogen and oxygen atoms in total. The Morgan fingerprint density at radius 1 is 0.885 bits per heavy atom. The van der Waals surface area contributed by atoms with Crippen LogP contribution >= 0.6 is 11.6 Å². The molecule has 0 saturated carbocycles. The molecule has 0 N–H and O–H groups in total. The van der Waals surface area contributed by atoms with Gasteiger partial charge in [0.1, 0.15) is 0 Å². The van der Waals surface area contributed by atoms with Gasteiger partial charge in [0.15, 0.2) is 0 Å². The van der Waals surface area contributed by atoms with Crippen LogP contribution in [0.4, 0.5) is 5.69 Å². The predicted octanol–water partition coefficient (Wildman–Crippen LogP) is 4.40. The Hall–Kier alpha value is -1.84. The van der Waals surface area contributed by atoms with Crippen molar-refractivity contribution in [3.8, 4) is 0 Å². The second kappa shape index (κ2) is 7.42. The van der Waals surface area contributed by atoms with Crippen LogP contribution in [-0.2, 0) is 11.2 Å². The Balaban J connectivity index is 1.35. The molecule has 2 aliphatic heterocycles. The lowest BCUT2D eigenvalue weighted by Crippen LogP contribution is -2.45. The van der Waals surface area contributed by atoms with E-state index in [0.717, 1.165) is 57.5 Å². The lowest BCUT2D eigenvalue weighted by molar-refractivity contribution is -0.128. The van der Waals surface area contributed by atoms with Crippen molar-refractivity contribution in [2.45, 2.75) is 25.7 Å². The Morgan fingerprint density at radius 3 is 2.23 bits per heavy atom. The zero-order valence-electron chi connectivity index (χ0n) is 15.0.